The third kappa shape index (κ3) is 1.52. The Bertz CT molecular complexity index is 772. The van der Waals surface area contributed by atoms with Gasteiger partial charge < -0.3 is 10.2 Å². The summed E-state index contributed by atoms with van der Waals surface area (Å²) < 4.78 is 0. The van der Waals surface area contributed by atoms with Crippen LogP contribution in [0.5, 0.6) is 0 Å². The SMILES string of the molecule is CN1C(=O)[C@@H]2C[C@@]1(c1ccccc1)c1ccccc1NC2=O. The van der Waals surface area contributed by atoms with Crippen molar-refractivity contribution in [1.29, 1.82) is 0 Å². The van der Waals surface area contributed by atoms with E-state index in [9.17, 15) is 9.59 Å². The molecule has 1 fully saturated rings. The Morgan fingerprint density at radius 3 is 2.50 bits per heavy atom. The fraction of sp³-hybridized carbons (Fsp3) is 0.222. The van der Waals surface area contributed by atoms with E-state index in [1.807, 2.05) is 54.6 Å². The van der Waals surface area contributed by atoms with Crippen LogP contribution < -0.4 is 5.32 Å². The smallest absolute Gasteiger partial charge is 0.237 e. The van der Waals surface area contributed by atoms with E-state index in [1.54, 1.807) is 11.9 Å². The first-order chi connectivity index (χ1) is 10.6. The number of para-hydroxylation sites is 1. The van der Waals surface area contributed by atoms with Crippen molar-refractivity contribution in [3.8, 4) is 0 Å². The maximum Gasteiger partial charge on any atom is 0.237 e. The van der Waals surface area contributed by atoms with Crippen LogP contribution in [-0.4, -0.2) is 23.8 Å². The zero-order valence-corrected chi connectivity index (χ0v) is 12.2. The number of likely N-dealkylation sites (tertiary alicyclic amines) is 1. The summed E-state index contributed by atoms with van der Waals surface area (Å²) in [4.78, 5) is 26.7. The molecule has 4 heteroatoms. The number of hydrogen-bond acceptors (Lipinski definition) is 2. The predicted molar refractivity (Wildman–Crippen MR) is 83.2 cm³/mol. The van der Waals surface area contributed by atoms with Gasteiger partial charge in [0.15, 0.2) is 0 Å². The van der Waals surface area contributed by atoms with Gasteiger partial charge >= 0.3 is 0 Å². The molecule has 2 aliphatic heterocycles. The van der Waals surface area contributed by atoms with Crippen molar-refractivity contribution in [2.24, 2.45) is 5.92 Å². The van der Waals surface area contributed by atoms with Crippen LogP contribution in [0.2, 0.25) is 0 Å². The number of rotatable bonds is 1. The number of carbonyl (C=O) groups is 2. The molecule has 2 atom stereocenters. The largest absolute Gasteiger partial charge is 0.331 e. The Morgan fingerprint density at radius 2 is 1.73 bits per heavy atom. The Labute approximate surface area is 128 Å². The number of benzene rings is 2. The third-order valence-electron chi connectivity index (χ3n) is 4.90. The first-order valence-electron chi connectivity index (χ1n) is 7.38. The number of anilines is 1. The standard InChI is InChI=1S/C18H16N2O2/c1-20-17(22)13-11-18(20,12-7-3-2-4-8-12)14-9-5-6-10-15(14)19-16(13)21/h2-10,13H,11H2,1H3,(H,19,21)/t13-,18-/m1/s1. The summed E-state index contributed by atoms with van der Waals surface area (Å²) >= 11 is 0. The molecule has 2 aromatic rings. The van der Waals surface area contributed by atoms with E-state index in [1.165, 1.54) is 0 Å². The molecule has 1 saturated heterocycles. The summed E-state index contributed by atoms with van der Waals surface area (Å²) in [6, 6.07) is 17.7. The van der Waals surface area contributed by atoms with Crippen LogP contribution in [0.1, 0.15) is 17.5 Å². The zero-order valence-electron chi connectivity index (χ0n) is 12.2. The summed E-state index contributed by atoms with van der Waals surface area (Å²) in [5.74, 6) is -0.951. The lowest BCUT2D eigenvalue weighted by Crippen LogP contribution is -2.43. The van der Waals surface area contributed by atoms with Crippen molar-refractivity contribution in [2.75, 3.05) is 12.4 Å². The second-order valence-corrected chi connectivity index (χ2v) is 5.92. The van der Waals surface area contributed by atoms with Crippen molar-refractivity contribution in [3.05, 3.63) is 65.7 Å². The first-order valence-corrected chi connectivity index (χ1v) is 7.38. The predicted octanol–water partition coefficient (Wildman–Crippen LogP) is 2.36. The maximum absolute atomic E-state index is 12.6. The minimum atomic E-state index is -0.627. The van der Waals surface area contributed by atoms with Gasteiger partial charge in [0.1, 0.15) is 5.92 Å². The molecule has 0 spiro atoms. The summed E-state index contributed by atoms with van der Waals surface area (Å²) in [7, 11) is 1.80. The van der Waals surface area contributed by atoms with Gasteiger partial charge in [-0.25, -0.2) is 0 Å². The van der Waals surface area contributed by atoms with Crippen molar-refractivity contribution < 1.29 is 9.59 Å². The Hall–Kier alpha value is -2.62. The van der Waals surface area contributed by atoms with Gasteiger partial charge in [0.25, 0.3) is 0 Å². The van der Waals surface area contributed by atoms with E-state index in [0.717, 1.165) is 16.8 Å². The molecule has 2 aromatic carbocycles. The zero-order chi connectivity index (χ0) is 15.3. The quantitative estimate of drug-likeness (QED) is 0.820. The number of carbonyl (C=O) groups excluding carboxylic acids is 2. The summed E-state index contributed by atoms with van der Waals surface area (Å²) in [5, 5.41) is 2.91. The minimum Gasteiger partial charge on any atom is -0.331 e. The average Bonchev–Trinajstić information content (AvgIpc) is 2.74. The van der Waals surface area contributed by atoms with Gasteiger partial charge in [0.05, 0.1) is 5.54 Å². The van der Waals surface area contributed by atoms with Crippen LogP contribution >= 0.6 is 0 Å². The van der Waals surface area contributed by atoms with E-state index >= 15 is 0 Å². The normalized spacial score (nSPS) is 26.4. The molecular formula is C18H16N2O2. The highest BCUT2D eigenvalue weighted by atomic mass is 16.2. The van der Waals surface area contributed by atoms with E-state index in [2.05, 4.69) is 5.32 Å². The average molecular weight is 292 g/mol. The molecule has 1 N–H and O–H groups in total. The lowest BCUT2D eigenvalue weighted by atomic mass is 9.79. The van der Waals surface area contributed by atoms with E-state index in [-0.39, 0.29) is 11.8 Å². The third-order valence-corrected chi connectivity index (χ3v) is 4.90. The second-order valence-electron chi connectivity index (χ2n) is 5.92. The number of hydrogen-bond donors (Lipinski definition) is 1. The van der Waals surface area contributed by atoms with Crippen LogP contribution in [0, 0.1) is 5.92 Å². The first kappa shape index (κ1) is 13.1. The molecule has 4 nitrogen and oxygen atoms in total. The van der Waals surface area contributed by atoms with Crippen LogP contribution in [0.25, 0.3) is 0 Å². The van der Waals surface area contributed by atoms with E-state index < -0.39 is 11.5 Å². The van der Waals surface area contributed by atoms with Crippen LogP contribution in [0.15, 0.2) is 54.6 Å². The van der Waals surface area contributed by atoms with Crippen molar-refractivity contribution in [2.45, 2.75) is 12.0 Å². The van der Waals surface area contributed by atoms with Gasteiger partial charge in [-0.2, -0.15) is 0 Å². The molecule has 0 aliphatic carbocycles. The van der Waals surface area contributed by atoms with Crippen LogP contribution in [0.4, 0.5) is 5.69 Å². The van der Waals surface area contributed by atoms with Gasteiger partial charge in [-0.05, 0) is 18.1 Å². The number of nitrogens with one attached hydrogen (secondary N) is 1. The summed E-state index contributed by atoms with van der Waals surface area (Å²) in [6.07, 6.45) is 0.481. The summed E-state index contributed by atoms with van der Waals surface area (Å²) in [5.41, 5.74) is 2.22. The second kappa shape index (κ2) is 4.44. The van der Waals surface area contributed by atoms with Crippen molar-refractivity contribution in [3.63, 3.8) is 0 Å². The minimum absolute atomic E-state index is 0.115. The molecule has 2 bridgehead atoms. The van der Waals surface area contributed by atoms with Crippen molar-refractivity contribution in [1.82, 2.24) is 4.90 Å². The lowest BCUT2D eigenvalue weighted by molar-refractivity contribution is -0.136. The molecule has 22 heavy (non-hydrogen) atoms. The highest BCUT2D eigenvalue weighted by Gasteiger charge is 2.56. The molecule has 2 heterocycles. The highest BCUT2D eigenvalue weighted by Crippen LogP contribution is 2.50. The van der Waals surface area contributed by atoms with Gasteiger partial charge in [0, 0.05) is 18.3 Å². The van der Waals surface area contributed by atoms with E-state index in [0.29, 0.717) is 6.42 Å². The Balaban J connectivity index is 2.05. The molecule has 0 unspecified atom stereocenters. The molecule has 4 rings (SSSR count). The van der Waals surface area contributed by atoms with Crippen LogP contribution in [-0.2, 0) is 15.1 Å². The molecule has 0 saturated carbocycles. The molecular weight excluding hydrogens is 276 g/mol. The maximum atomic E-state index is 12.6. The molecule has 2 amide bonds. The van der Waals surface area contributed by atoms with Gasteiger partial charge in [0.2, 0.25) is 11.8 Å². The van der Waals surface area contributed by atoms with Gasteiger partial charge in [-0.15, -0.1) is 0 Å². The topological polar surface area (TPSA) is 49.4 Å². The fourth-order valence-electron chi connectivity index (χ4n) is 3.79. The Morgan fingerprint density at radius 1 is 1.05 bits per heavy atom. The Kier molecular flexibility index (Phi) is 2.64. The number of amides is 2. The lowest BCUT2D eigenvalue weighted by Gasteiger charge is -2.38. The van der Waals surface area contributed by atoms with Gasteiger partial charge in [-0.3, -0.25) is 9.59 Å². The van der Waals surface area contributed by atoms with E-state index in [4.69, 9.17) is 0 Å². The molecule has 0 radical (unpaired) electrons. The number of nitrogens with zero attached hydrogens (tertiary/aromatic N) is 1. The monoisotopic (exact) mass is 292 g/mol. The molecule has 110 valence electrons. The van der Waals surface area contributed by atoms with Crippen molar-refractivity contribution >= 4 is 17.5 Å². The fourth-order valence-corrected chi connectivity index (χ4v) is 3.79. The highest BCUT2D eigenvalue weighted by molar-refractivity contribution is 6.10. The van der Waals surface area contributed by atoms with Crippen LogP contribution in [0.3, 0.4) is 0 Å². The molecule has 2 aliphatic rings. The number of fused-ring (bicyclic) bond motifs is 4. The summed E-state index contributed by atoms with van der Waals surface area (Å²) in [6.45, 7) is 0. The molecule has 0 aromatic heterocycles. The van der Waals surface area contributed by atoms with Gasteiger partial charge in [-0.1, -0.05) is 48.5 Å².